The summed E-state index contributed by atoms with van der Waals surface area (Å²) in [5.41, 5.74) is 1.44. The Kier molecular flexibility index (Phi) is 3.18. The van der Waals surface area contributed by atoms with Crippen molar-refractivity contribution in [3.8, 4) is 0 Å². The number of carbonyl (C=O) groups excluding carboxylic acids is 1. The lowest BCUT2D eigenvalue weighted by molar-refractivity contribution is -0.127. The lowest BCUT2D eigenvalue weighted by Crippen LogP contribution is -2.38. The molecule has 0 bridgehead atoms. The van der Waals surface area contributed by atoms with Crippen molar-refractivity contribution in [3.63, 3.8) is 0 Å². The van der Waals surface area contributed by atoms with Gasteiger partial charge in [0.1, 0.15) is 5.78 Å². The number of rotatable bonds is 2. The SMILES string of the molecule is CCC(=O)[C@H]1[C@@H](C)CC=C(C)C1(C)C. The lowest BCUT2D eigenvalue weighted by atomic mass is 9.62. The van der Waals surface area contributed by atoms with Crippen molar-refractivity contribution in [1.82, 2.24) is 0 Å². The second kappa shape index (κ2) is 3.88. The normalized spacial score (nSPS) is 31.1. The molecule has 0 radical (unpaired) electrons. The Bertz CT molecular complexity index is 260. The van der Waals surface area contributed by atoms with E-state index >= 15 is 0 Å². The van der Waals surface area contributed by atoms with Gasteiger partial charge in [-0.1, -0.05) is 39.3 Å². The molecule has 0 fully saturated rings. The van der Waals surface area contributed by atoms with E-state index in [9.17, 15) is 4.79 Å². The predicted molar refractivity (Wildman–Crippen MR) is 60.1 cm³/mol. The molecule has 0 amide bonds. The van der Waals surface area contributed by atoms with E-state index in [1.165, 1.54) is 5.57 Å². The van der Waals surface area contributed by atoms with Crippen LogP contribution in [0.2, 0.25) is 0 Å². The van der Waals surface area contributed by atoms with Crippen molar-refractivity contribution in [1.29, 1.82) is 0 Å². The number of hydrogen-bond donors (Lipinski definition) is 0. The Morgan fingerprint density at radius 3 is 2.64 bits per heavy atom. The summed E-state index contributed by atoms with van der Waals surface area (Å²) in [7, 11) is 0. The fourth-order valence-corrected chi connectivity index (χ4v) is 2.66. The molecule has 0 aromatic carbocycles. The first-order valence-electron chi connectivity index (χ1n) is 5.61. The summed E-state index contributed by atoms with van der Waals surface area (Å²) in [5, 5.41) is 0. The van der Waals surface area contributed by atoms with Gasteiger partial charge in [0.2, 0.25) is 0 Å². The van der Waals surface area contributed by atoms with Crippen LogP contribution in [0, 0.1) is 17.3 Å². The molecule has 14 heavy (non-hydrogen) atoms. The van der Waals surface area contributed by atoms with Crippen molar-refractivity contribution >= 4 is 5.78 Å². The molecule has 2 atom stereocenters. The van der Waals surface area contributed by atoms with Gasteiger partial charge in [-0.2, -0.15) is 0 Å². The molecule has 80 valence electrons. The van der Waals surface area contributed by atoms with E-state index in [-0.39, 0.29) is 11.3 Å². The van der Waals surface area contributed by atoms with Crippen LogP contribution in [0.4, 0.5) is 0 Å². The van der Waals surface area contributed by atoms with E-state index in [4.69, 9.17) is 0 Å². The van der Waals surface area contributed by atoms with E-state index < -0.39 is 0 Å². The first-order valence-corrected chi connectivity index (χ1v) is 5.61. The van der Waals surface area contributed by atoms with Gasteiger partial charge >= 0.3 is 0 Å². The Balaban J connectivity index is 3.02. The molecule has 0 aliphatic heterocycles. The summed E-state index contributed by atoms with van der Waals surface area (Å²) >= 11 is 0. The van der Waals surface area contributed by atoms with Crippen LogP contribution >= 0.6 is 0 Å². The maximum absolute atomic E-state index is 11.9. The highest BCUT2D eigenvalue weighted by atomic mass is 16.1. The predicted octanol–water partition coefficient (Wildman–Crippen LogP) is 3.59. The maximum atomic E-state index is 11.9. The lowest BCUT2D eigenvalue weighted by Gasteiger charge is -2.41. The number of ketones is 1. The molecule has 1 heteroatoms. The fourth-order valence-electron chi connectivity index (χ4n) is 2.66. The average molecular weight is 194 g/mol. The van der Waals surface area contributed by atoms with Crippen LogP contribution < -0.4 is 0 Å². The Hall–Kier alpha value is -0.590. The van der Waals surface area contributed by atoms with E-state index in [2.05, 4.69) is 33.8 Å². The molecule has 1 nitrogen and oxygen atoms in total. The summed E-state index contributed by atoms with van der Waals surface area (Å²) in [4.78, 5) is 11.9. The summed E-state index contributed by atoms with van der Waals surface area (Å²) in [6.45, 7) is 10.7. The van der Waals surface area contributed by atoms with Crippen molar-refractivity contribution < 1.29 is 4.79 Å². The molecule has 0 heterocycles. The van der Waals surface area contributed by atoms with Gasteiger partial charge in [0.15, 0.2) is 0 Å². The first-order chi connectivity index (χ1) is 6.41. The van der Waals surface area contributed by atoms with Gasteiger partial charge in [0, 0.05) is 12.3 Å². The van der Waals surface area contributed by atoms with Gasteiger partial charge in [-0.15, -0.1) is 0 Å². The van der Waals surface area contributed by atoms with Crippen LogP contribution in [0.5, 0.6) is 0 Å². The third-order valence-corrected chi connectivity index (χ3v) is 3.85. The molecule has 1 aliphatic rings. The molecule has 0 saturated heterocycles. The zero-order valence-corrected chi connectivity index (χ0v) is 10.1. The topological polar surface area (TPSA) is 17.1 Å². The number of hydrogen-bond acceptors (Lipinski definition) is 1. The van der Waals surface area contributed by atoms with Crippen LogP contribution in [0.3, 0.4) is 0 Å². The largest absolute Gasteiger partial charge is 0.299 e. The molecule has 0 spiro atoms. The van der Waals surface area contributed by atoms with Crippen LogP contribution in [0.1, 0.15) is 47.5 Å². The van der Waals surface area contributed by atoms with Crippen LogP contribution in [0.15, 0.2) is 11.6 Å². The zero-order valence-electron chi connectivity index (χ0n) is 10.1. The average Bonchev–Trinajstić information content (AvgIpc) is 2.11. The highest BCUT2D eigenvalue weighted by molar-refractivity contribution is 5.82. The Labute approximate surface area is 87.6 Å². The number of carbonyl (C=O) groups is 1. The molecule has 1 aliphatic carbocycles. The van der Waals surface area contributed by atoms with E-state index in [1.54, 1.807) is 0 Å². The zero-order chi connectivity index (χ0) is 10.9. The van der Waals surface area contributed by atoms with Crippen molar-refractivity contribution in [3.05, 3.63) is 11.6 Å². The number of allylic oxidation sites excluding steroid dienone is 2. The highest BCUT2D eigenvalue weighted by Gasteiger charge is 2.40. The summed E-state index contributed by atoms with van der Waals surface area (Å²) in [5.74, 6) is 1.15. The first kappa shape index (κ1) is 11.5. The van der Waals surface area contributed by atoms with Gasteiger partial charge in [0.05, 0.1) is 0 Å². The minimum absolute atomic E-state index is 0.0603. The molecule has 0 aromatic rings. The van der Waals surface area contributed by atoms with Crippen LogP contribution in [-0.4, -0.2) is 5.78 Å². The van der Waals surface area contributed by atoms with Crippen molar-refractivity contribution in [2.24, 2.45) is 17.3 Å². The summed E-state index contributed by atoms with van der Waals surface area (Å²) in [6.07, 6.45) is 4.03. The standard InChI is InChI=1S/C13H22O/c1-6-11(14)12-9(2)7-8-10(3)13(12,4)5/h8-9,12H,6-7H2,1-5H3/t9-,12+/m0/s1. The molecular weight excluding hydrogens is 172 g/mol. The third kappa shape index (κ3) is 1.77. The summed E-state index contributed by atoms with van der Waals surface area (Å²) in [6, 6.07) is 0. The Morgan fingerprint density at radius 2 is 2.14 bits per heavy atom. The van der Waals surface area contributed by atoms with E-state index in [1.807, 2.05) is 6.92 Å². The molecule has 0 unspecified atom stereocenters. The van der Waals surface area contributed by atoms with Crippen LogP contribution in [0.25, 0.3) is 0 Å². The Morgan fingerprint density at radius 1 is 1.57 bits per heavy atom. The van der Waals surface area contributed by atoms with Crippen molar-refractivity contribution in [2.45, 2.75) is 47.5 Å². The minimum Gasteiger partial charge on any atom is -0.299 e. The van der Waals surface area contributed by atoms with E-state index in [0.717, 1.165) is 6.42 Å². The maximum Gasteiger partial charge on any atom is 0.136 e. The van der Waals surface area contributed by atoms with Gasteiger partial charge in [-0.3, -0.25) is 4.79 Å². The third-order valence-electron chi connectivity index (χ3n) is 3.85. The smallest absolute Gasteiger partial charge is 0.136 e. The minimum atomic E-state index is 0.0603. The molecular formula is C13H22O. The van der Waals surface area contributed by atoms with Gasteiger partial charge in [0.25, 0.3) is 0 Å². The number of Topliss-reactive ketones (excluding diaryl/α,β-unsaturated/α-hetero) is 1. The van der Waals surface area contributed by atoms with Gasteiger partial charge in [-0.05, 0) is 24.7 Å². The highest BCUT2D eigenvalue weighted by Crippen LogP contribution is 2.45. The van der Waals surface area contributed by atoms with Gasteiger partial charge < -0.3 is 0 Å². The molecule has 1 rings (SSSR count). The molecule has 0 N–H and O–H groups in total. The van der Waals surface area contributed by atoms with Gasteiger partial charge in [-0.25, -0.2) is 0 Å². The second-order valence-corrected chi connectivity index (χ2v) is 5.12. The monoisotopic (exact) mass is 194 g/mol. The quantitative estimate of drug-likeness (QED) is 0.614. The van der Waals surface area contributed by atoms with E-state index in [0.29, 0.717) is 18.1 Å². The summed E-state index contributed by atoms with van der Waals surface area (Å²) < 4.78 is 0. The fraction of sp³-hybridized carbons (Fsp3) is 0.769. The van der Waals surface area contributed by atoms with Crippen LogP contribution in [-0.2, 0) is 4.79 Å². The molecule has 0 aromatic heterocycles. The second-order valence-electron chi connectivity index (χ2n) is 5.12. The molecule has 0 saturated carbocycles. The van der Waals surface area contributed by atoms with Crippen molar-refractivity contribution in [2.75, 3.05) is 0 Å².